The molecular formula is C10H20N2O2. The van der Waals surface area contributed by atoms with Gasteiger partial charge in [-0.25, -0.2) is 0 Å². The van der Waals surface area contributed by atoms with E-state index in [0.717, 1.165) is 5.57 Å². The molecule has 0 heterocycles. The molecule has 0 radical (unpaired) electrons. The zero-order valence-electron chi connectivity index (χ0n) is 9.49. The molecule has 0 saturated carbocycles. The van der Waals surface area contributed by atoms with Gasteiger partial charge < -0.3 is 14.5 Å². The number of nitrogens with zero attached hydrogens (tertiary/aromatic N) is 2. The summed E-state index contributed by atoms with van der Waals surface area (Å²) in [6.45, 7) is 8.87. The van der Waals surface area contributed by atoms with Crippen molar-refractivity contribution >= 4 is 6.21 Å². The molecule has 0 fully saturated rings. The Morgan fingerprint density at radius 3 is 2.21 bits per heavy atom. The van der Waals surface area contributed by atoms with E-state index in [-0.39, 0.29) is 6.29 Å². The fourth-order valence-electron chi connectivity index (χ4n) is 0.815. The van der Waals surface area contributed by atoms with Gasteiger partial charge in [-0.05, 0) is 13.8 Å². The molecule has 0 unspecified atom stereocenters. The summed E-state index contributed by atoms with van der Waals surface area (Å²) in [4.78, 5) is 0. The van der Waals surface area contributed by atoms with Crippen LogP contribution in [0.25, 0.3) is 0 Å². The van der Waals surface area contributed by atoms with Crippen LogP contribution in [0, 0.1) is 0 Å². The van der Waals surface area contributed by atoms with E-state index in [1.54, 1.807) is 11.2 Å². The van der Waals surface area contributed by atoms with Crippen LogP contribution in [0.3, 0.4) is 0 Å². The summed E-state index contributed by atoms with van der Waals surface area (Å²) >= 11 is 0. The van der Waals surface area contributed by atoms with Gasteiger partial charge in [-0.2, -0.15) is 5.10 Å². The molecule has 14 heavy (non-hydrogen) atoms. The number of rotatable bonds is 7. The standard InChI is InChI=1S/C10H20N2O2/c1-6-13-10(14-7-2)9(3)8-11-12(4)5/h8,10H,3,6-7H2,1-2,4-5H3. The van der Waals surface area contributed by atoms with E-state index >= 15 is 0 Å². The third-order valence-electron chi connectivity index (χ3n) is 1.39. The van der Waals surface area contributed by atoms with Gasteiger partial charge >= 0.3 is 0 Å². The van der Waals surface area contributed by atoms with Gasteiger partial charge in [0.25, 0.3) is 0 Å². The summed E-state index contributed by atoms with van der Waals surface area (Å²) in [7, 11) is 3.69. The van der Waals surface area contributed by atoms with Crippen LogP contribution in [0.1, 0.15) is 13.8 Å². The molecule has 0 rings (SSSR count). The molecule has 0 aromatic heterocycles. The Kier molecular flexibility index (Phi) is 7.06. The quantitative estimate of drug-likeness (QED) is 0.355. The van der Waals surface area contributed by atoms with Crippen LogP contribution in [0.15, 0.2) is 17.3 Å². The Balaban J connectivity index is 4.13. The molecule has 4 heteroatoms. The van der Waals surface area contributed by atoms with Crippen LogP contribution in [0.2, 0.25) is 0 Å². The molecular weight excluding hydrogens is 180 g/mol. The van der Waals surface area contributed by atoms with E-state index in [4.69, 9.17) is 9.47 Å². The smallest absolute Gasteiger partial charge is 0.184 e. The topological polar surface area (TPSA) is 34.1 Å². The lowest BCUT2D eigenvalue weighted by atomic mass is 10.3. The lowest BCUT2D eigenvalue weighted by molar-refractivity contribution is -0.107. The monoisotopic (exact) mass is 200 g/mol. The second-order valence-electron chi connectivity index (χ2n) is 2.91. The van der Waals surface area contributed by atoms with Crippen molar-refractivity contribution in [1.29, 1.82) is 0 Å². The van der Waals surface area contributed by atoms with E-state index in [9.17, 15) is 0 Å². The highest BCUT2D eigenvalue weighted by Crippen LogP contribution is 2.04. The van der Waals surface area contributed by atoms with Crippen molar-refractivity contribution < 1.29 is 9.47 Å². The Bertz CT molecular complexity index is 185. The van der Waals surface area contributed by atoms with E-state index in [1.165, 1.54) is 0 Å². The summed E-state index contributed by atoms with van der Waals surface area (Å²) in [5.74, 6) is 0. The third-order valence-corrected chi connectivity index (χ3v) is 1.39. The normalized spacial score (nSPS) is 11.2. The molecule has 0 aliphatic rings. The minimum Gasteiger partial charge on any atom is -0.349 e. The molecule has 4 nitrogen and oxygen atoms in total. The number of hydrazone groups is 1. The Morgan fingerprint density at radius 2 is 1.86 bits per heavy atom. The first-order valence-electron chi connectivity index (χ1n) is 4.75. The van der Waals surface area contributed by atoms with Crippen LogP contribution in [0.5, 0.6) is 0 Å². The first-order chi connectivity index (χ1) is 6.61. The van der Waals surface area contributed by atoms with Crippen molar-refractivity contribution in [2.45, 2.75) is 20.1 Å². The first kappa shape index (κ1) is 13.1. The van der Waals surface area contributed by atoms with Crippen LogP contribution in [-0.4, -0.2) is 44.8 Å². The summed E-state index contributed by atoms with van der Waals surface area (Å²) in [5, 5.41) is 5.75. The van der Waals surface area contributed by atoms with Crippen molar-refractivity contribution in [3.63, 3.8) is 0 Å². The van der Waals surface area contributed by atoms with Crippen molar-refractivity contribution in [2.24, 2.45) is 5.10 Å². The molecule has 82 valence electrons. The molecule has 0 aromatic carbocycles. The van der Waals surface area contributed by atoms with Gasteiger partial charge in [0.2, 0.25) is 0 Å². The molecule has 0 aliphatic carbocycles. The minimum atomic E-state index is -0.381. The molecule has 0 aromatic rings. The van der Waals surface area contributed by atoms with Crippen LogP contribution < -0.4 is 0 Å². The zero-order valence-corrected chi connectivity index (χ0v) is 9.49. The van der Waals surface area contributed by atoms with Gasteiger partial charge in [-0.15, -0.1) is 0 Å². The maximum Gasteiger partial charge on any atom is 0.184 e. The third kappa shape index (κ3) is 5.72. The average molecular weight is 200 g/mol. The van der Waals surface area contributed by atoms with Crippen molar-refractivity contribution in [2.75, 3.05) is 27.3 Å². The zero-order chi connectivity index (χ0) is 11.0. The van der Waals surface area contributed by atoms with Crippen LogP contribution in [0.4, 0.5) is 0 Å². The van der Waals surface area contributed by atoms with Crippen LogP contribution >= 0.6 is 0 Å². The Labute approximate surface area is 86.2 Å². The van der Waals surface area contributed by atoms with E-state index in [0.29, 0.717) is 13.2 Å². The molecule has 0 atom stereocenters. The van der Waals surface area contributed by atoms with Crippen LogP contribution in [-0.2, 0) is 9.47 Å². The fraction of sp³-hybridized carbons (Fsp3) is 0.700. The molecule has 0 N–H and O–H groups in total. The van der Waals surface area contributed by atoms with Crippen molar-refractivity contribution in [3.05, 3.63) is 12.2 Å². The fourth-order valence-corrected chi connectivity index (χ4v) is 0.815. The van der Waals surface area contributed by atoms with Crippen molar-refractivity contribution in [3.8, 4) is 0 Å². The van der Waals surface area contributed by atoms with Gasteiger partial charge in [0.05, 0.1) is 6.21 Å². The predicted molar refractivity (Wildman–Crippen MR) is 58.4 cm³/mol. The molecule has 0 aliphatic heterocycles. The second-order valence-corrected chi connectivity index (χ2v) is 2.91. The van der Waals surface area contributed by atoms with Gasteiger partial charge in [0.1, 0.15) is 0 Å². The molecule has 0 spiro atoms. The summed E-state index contributed by atoms with van der Waals surface area (Å²) in [6.07, 6.45) is 1.27. The largest absolute Gasteiger partial charge is 0.349 e. The molecule has 0 amide bonds. The predicted octanol–water partition coefficient (Wildman–Crippen LogP) is 1.49. The summed E-state index contributed by atoms with van der Waals surface area (Å²) in [6, 6.07) is 0. The Hall–Kier alpha value is -0.870. The first-order valence-corrected chi connectivity index (χ1v) is 4.75. The lowest BCUT2D eigenvalue weighted by Crippen LogP contribution is -2.20. The Morgan fingerprint density at radius 1 is 1.36 bits per heavy atom. The number of ether oxygens (including phenoxy) is 2. The lowest BCUT2D eigenvalue weighted by Gasteiger charge is -2.16. The second kappa shape index (κ2) is 7.53. The maximum atomic E-state index is 5.34. The van der Waals surface area contributed by atoms with Crippen molar-refractivity contribution in [1.82, 2.24) is 5.01 Å². The van der Waals surface area contributed by atoms with Gasteiger partial charge in [-0.3, -0.25) is 0 Å². The maximum absolute atomic E-state index is 5.34. The van der Waals surface area contributed by atoms with E-state index in [2.05, 4.69) is 11.7 Å². The van der Waals surface area contributed by atoms with E-state index in [1.807, 2.05) is 27.9 Å². The molecule has 0 saturated heterocycles. The SMILES string of the molecule is C=C(C=NN(C)C)C(OCC)OCC. The minimum absolute atomic E-state index is 0.381. The van der Waals surface area contributed by atoms with Gasteiger partial charge in [-0.1, -0.05) is 6.58 Å². The summed E-state index contributed by atoms with van der Waals surface area (Å²) < 4.78 is 10.7. The van der Waals surface area contributed by atoms with E-state index < -0.39 is 0 Å². The summed E-state index contributed by atoms with van der Waals surface area (Å²) in [5.41, 5.74) is 0.724. The van der Waals surface area contributed by atoms with Gasteiger partial charge in [0.15, 0.2) is 6.29 Å². The number of hydrogen-bond donors (Lipinski definition) is 0. The highest BCUT2D eigenvalue weighted by molar-refractivity contribution is 5.78. The number of hydrogen-bond acceptors (Lipinski definition) is 4. The highest BCUT2D eigenvalue weighted by atomic mass is 16.7. The molecule has 0 bridgehead atoms. The van der Waals surface area contributed by atoms with Gasteiger partial charge in [0, 0.05) is 32.9 Å². The average Bonchev–Trinajstić information content (AvgIpc) is 2.14. The highest BCUT2D eigenvalue weighted by Gasteiger charge is 2.10.